The predicted molar refractivity (Wildman–Crippen MR) is 142 cm³/mol. The molecule has 6 rings (SSSR count). The molecule has 0 saturated heterocycles. The van der Waals surface area contributed by atoms with E-state index in [0.717, 1.165) is 5.56 Å². The molecule has 1 fully saturated rings. The van der Waals surface area contributed by atoms with Gasteiger partial charge in [0.1, 0.15) is 11.5 Å². The summed E-state index contributed by atoms with van der Waals surface area (Å²) < 4.78 is 76.1. The highest BCUT2D eigenvalue weighted by Crippen LogP contribution is 2.60. The molecular formula is C30H26F3N3O2S. The fourth-order valence-corrected chi connectivity index (χ4v) is 7.77. The molecule has 0 N–H and O–H groups in total. The van der Waals surface area contributed by atoms with Gasteiger partial charge in [0.15, 0.2) is 9.84 Å². The Bertz CT molecular complexity index is 1660. The van der Waals surface area contributed by atoms with Crippen LogP contribution in [0.25, 0.3) is 11.8 Å². The molecule has 0 unspecified atom stereocenters. The smallest absolute Gasteiger partial charge is 0.299 e. The fourth-order valence-electron chi connectivity index (χ4n) is 5.94. The lowest BCUT2D eigenvalue weighted by atomic mass is 9.60. The normalized spacial score (nSPS) is 21.1. The van der Waals surface area contributed by atoms with Crippen molar-refractivity contribution in [2.24, 2.45) is 5.41 Å². The van der Waals surface area contributed by atoms with E-state index in [1.807, 2.05) is 6.92 Å². The van der Waals surface area contributed by atoms with Gasteiger partial charge in [0.25, 0.3) is 5.92 Å². The van der Waals surface area contributed by atoms with E-state index in [4.69, 9.17) is 0 Å². The van der Waals surface area contributed by atoms with Crippen molar-refractivity contribution in [3.8, 4) is 5.69 Å². The number of imidazole rings is 1. The minimum atomic E-state index is -3.87. The van der Waals surface area contributed by atoms with Crippen LogP contribution in [-0.4, -0.2) is 28.2 Å². The topological polar surface area (TPSA) is 64.8 Å². The van der Waals surface area contributed by atoms with E-state index in [1.54, 1.807) is 59.4 Å². The molecule has 0 spiro atoms. The highest BCUT2D eigenvalue weighted by Gasteiger charge is 2.62. The van der Waals surface area contributed by atoms with Gasteiger partial charge in [-0.3, -0.25) is 9.55 Å². The Morgan fingerprint density at radius 1 is 1.00 bits per heavy atom. The summed E-state index contributed by atoms with van der Waals surface area (Å²) in [4.78, 5) is 8.61. The van der Waals surface area contributed by atoms with Gasteiger partial charge in [0.2, 0.25) is 0 Å². The van der Waals surface area contributed by atoms with Gasteiger partial charge in [0.05, 0.1) is 33.3 Å². The van der Waals surface area contributed by atoms with Crippen molar-refractivity contribution in [1.29, 1.82) is 0 Å². The summed E-state index contributed by atoms with van der Waals surface area (Å²) in [6.07, 6.45) is 4.59. The molecule has 0 amide bonds. The zero-order chi connectivity index (χ0) is 27.4. The van der Waals surface area contributed by atoms with Crippen LogP contribution in [-0.2, 0) is 22.2 Å². The number of fused-ring (bicyclic) bond motifs is 2. The summed E-state index contributed by atoms with van der Waals surface area (Å²) in [6.45, 7) is 1.86. The molecule has 2 aliphatic carbocycles. The first-order valence-electron chi connectivity index (χ1n) is 12.7. The zero-order valence-corrected chi connectivity index (χ0v) is 22.0. The third-order valence-electron chi connectivity index (χ3n) is 8.07. The van der Waals surface area contributed by atoms with Gasteiger partial charge in [-0.15, -0.1) is 0 Å². The molecule has 9 heteroatoms. The number of alkyl halides is 2. The van der Waals surface area contributed by atoms with Gasteiger partial charge >= 0.3 is 0 Å². The number of aryl methyl sites for hydroxylation is 1. The first kappa shape index (κ1) is 25.6. The largest absolute Gasteiger partial charge is 0.299 e. The van der Waals surface area contributed by atoms with Crippen LogP contribution in [0.2, 0.25) is 0 Å². The number of rotatable bonds is 5. The molecule has 2 aromatic carbocycles. The fraction of sp³-hybridized carbons (Fsp3) is 0.267. The van der Waals surface area contributed by atoms with E-state index in [0.29, 0.717) is 22.6 Å². The van der Waals surface area contributed by atoms with Crippen LogP contribution in [0.3, 0.4) is 0 Å². The summed E-state index contributed by atoms with van der Waals surface area (Å²) in [5, 5.41) is -0.993. The Balaban J connectivity index is 1.48. The van der Waals surface area contributed by atoms with Crippen LogP contribution in [0, 0.1) is 18.2 Å². The first-order valence-corrected chi connectivity index (χ1v) is 14.3. The van der Waals surface area contributed by atoms with E-state index in [-0.39, 0.29) is 36.4 Å². The Hall–Kier alpha value is -3.72. The van der Waals surface area contributed by atoms with Crippen molar-refractivity contribution in [3.05, 3.63) is 113 Å². The first-order chi connectivity index (χ1) is 18.6. The molecule has 0 radical (unpaired) electrons. The zero-order valence-electron chi connectivity index (χ0n) is 21.2. The third-order valence-corrected chi connectivity index (χ3v) is 10.3. The summed E-state index contributed by atoms with van der Waals surface area (Å²) >= 11 is 0. The molecule has 2 heterocycles. The summed E-state index contributed by atoms with van der Waals surface area (Å²) in [5.41, 5.74) is 0.905. The summed E-state index contributed by atoms with van der Waals surface area (Å²) in [7, 11) is -3.87. The van der Waals surface area contributed by atoms with E-state index < -0.39 is 32.1 Å². The van der Waals surface area contributed by atoms with Crippen LogP contribution < -0.4 is 0 Å². The predicted octanol–water partition coefficient (Wildman–Crippen LogP) is 6.46. The van der Waals surface area contributed by atoms with Crippen LogP contribution in [0.15, 0.2) is 89.7 Å². The van der Waals surface area contributed by atoms with Crippen LogP contribution in [0.1, 0.15) is 41.9 Å². The van der Waals surface area contributed by atoms with Crippen LogP contribution in [0.4, 0.5) is 13.2 Å². The number of hydrogen-bond donors (Lipinski definition) is 0. The van der Waals surface area contributed by atoms with E-state index in [9.17, 15) is 12.8 Å². The number of aromatic nitrogens is 3. The molecule has 0 aliphatic heterocycles. The van der Waals surface area contributed by atoms with Crippen molar-refractivity contribution < 1.29 is 21.6 Å². The number of halogens is 3. The number of benzene rings is 2. The van der Waals surface area contributed by atoms with Gasteiger partial charge < -0.3 is 0 Å². The standard InChI is InChI=1S/C30H26F3N3O2S/c1-20-5-12-24(13-6-20)39(37,38)25-14-7-21-16-27-26(35-19-36(27)23-10-8-22(31)9-11-23)18-29(21,17-25)30(32,33)28-4-2-3-15-34-28/h2-6,8-13,15-16,19,25H,7,14,17-18H2,1H3/t25-,29+/m0/s1. The maximum atomic E-state index is 16.7. The van der Waals surface area contributed by atoms with Crippen molar-refractivity contribution in [2.45, 2.75) is 48.7 Å². The van der Waals surface area contributed by atoms with Gasteiger partial charge in [-0.25, -0.2) is 17.8 Å². The molecule has 2 atom stereocenters. The molecule has 5 nitrogen and oxygen atoms in total. The molecule has 1 saturated carbocycles. The summed E-state index contributed by atoms with van der Waals surface area (Å²) in [6, 6.07) is 16.8. The van der Waals surface area contributed by atoms with E-state index in [2.05, 4.69) is 9.97 Å². The second kappa shape index (κ2) is 9.19. The number of pyridine rings is 1. The van der Waals surface area contributed by atoms with Crippen molar-refractivity contribution >= 4 is 15.9 Å². The second-order valence-corrected chi connectivity index (χ2v) is 12.6. The Labute approximate surface area is 225 Å². The quantitative estimate of drug-likeness (QED) is 0.287. The third kappa shape index (κ3) is 4.11. The van der Waals surface area contributed by atoms with Crippen molar-refractivity contribution in [2.75, 3.05) is 0 Å². The molecule has 200 valence electrons. The molecule has 2 aliphatic rings. The minimum absolute atomic E-state index is 0.138. The van der Waals surface area contributed by atoms with Crippen LogP contribution >= 0.6 is 0 Å². The van der Waals surface area contributed by atoms with Crippen molar-refractivity contribution in [3.63, 3.8) is 0 Å². The number of sulfone groups is 1. The Morgan fingerprint density at radius 2 is 1.74 bits per heavy atom. The van der Waals surface area contributed by atoms with Crippen LogP contribution in [0.5, 0.6) is 0 Å². The molecule has 2 aromatic heterocycles. The molecular weight excluding hydrogens is 523 g/mol. The SMILES string of the molecule is Cc1ccc(S(=O)(=O)[C@H]2CCC3=Cc4c(ncn4-c4ccc(F)cc4)C[C@]3(C(F)(F)c3ccccn3)C2)cc1. The number of allylic oxidation sites excluding steroid dienone is 1. The highest BCUT2D eigenvalue weighted by molar-refractivity contribution is 7.92. The minimum Gasteiger partial charge on any atom is -0.299 e. The summed E-state index contributed by atoms with van der Waals surface area (Å²) in [5.74, 6) is -3.84. The lowest BCUT2D eigenvalue weighted by Gasteiger charge is -2.48. The molecule has 0 bridgehead atoms. The average molecular weight is 550 g/mol. The van der Waals surface area contributed by atoms with E-state index >= 15 is 8.78 Å². The van der Waals surface area contributed by atoms with Gasteiger partial charge in [-0.2, -0.15) is 8.78 Å². The molecule has 4 aromatic rings. The van der Waals surface area contributed by atoms with Crippen molar-refractivity contribution in [1.82, 2.24) is 14.5 Å². The Morgan fingerprint density at radius 3 is 2.44 bits per heavy atom. The highest BCUT2D eigenvalue weighted by atomic mass is 32.2. The number of hydrogen-bond acceptors (Lipinski definition) is 4. The number of nitrogens with zero attached hydrogens (tertiary/aromatic N) is 3. The lowest BCUT2D eigenvalue weighted by molar-refractivity contribution is -0.125. The second-order valence-electron chi connectivity index (χ2n) is 10.4. The van der Waals surface area contributed by atoms with E-state index in [1.165, 1.54) is 30.5 Å². The average Bonchev–Trinajstić information content (AvgIpc) is 3.34. The van der Waals surface area contributed by atoms with Gasteiger partial charge in [-0.05, 0) is 80.8 Å². The lowest BCUT2D eigenvalue weighted by Crippen LogP contribution is -2.50. The molecule has 39 heavy (non-hydrogen) atoms. The maximum absolute atomic E-state index is 16.7. The maximum Gasteiger partial charge on any atom is 0.299 e. The Kier molecular flexibility index (Phi) is 6.02. The monoisotopic (exact) mass is 549 g/mol. The van der Waals surface area contributed by atoms with Gasteiger partial charge in [0, 0.05) is 18.3 Å². The van der Waals surface area contributed by atoms with Gasteiger partial charge in [-0.1, -0.05) is 29.3 Å².